The fraction of sp³-hybridized carbons (Fsp3) is 0.0526. The summed E-state index contributed by atoms with van der Waals surface area (Å²) in [5, 5.41) is 23.9. The second kappa shape index (κ2) is 9.56. The first-order valence-corrected chi connectivity index (χ1v) is 9.47. The molecule has 0 bridgehead atoms. The Morgan fingerprint density at radius 1 is 1.00 bits per heavy atom. The van der Waals surface area contributed by atoms with Crippen LogP contribution in [-0.4, -0.2) is 32.7 Å². The first-order valence-electron chi connectivity index (χ1n) is 8.49. The third-order valence-corrected chi connectivity index (χ3v) is 4.63. The van der Waals surface area contributed by atoms with Gasteiger partial charge in [0.05, 0.1) is 16.2 Å². The highest BCUT2D eigenvalue weighted by atomic mass is 32.2. The molecule has 0 aliphatic rings. The van der Waals surface area contributed by atoms with Gasteiger partial charge in [0, 0.05) is 17.8 Å². The van der Waals surface area contributed by atoms with E-state index >= 15 is 0 Å². The predicted octanol–water partition coefficient (Wildman–Crippen LogP) is 3.51. The van der Waals surface area contributed by atoms with Crippen molar-refractivity contribution in [3.63, 3.8) is 0 Å². The van der Waals surface area contributed by atoms with Crippen molar-refractivity contribution in [2.75, 3.05) is 16.4 Å². The molecule has 1 aromatic heterocycles. The van der Waals surface area contributed by atoms with Crippen LogP contribution < -0.4 is 10.6 Å². The number of rotatable bonds is 7. The average molecular weight is 427 g/mol. The lowest BCUT2D eigenvalue weighted by molar-refractivity contribution is -0.384. The number of nitro benzene ring substituents is 1. The van der Waals surface area contributed by atoms with Crippen molar-refractivity contribution in [1.29, 1.82) is 0 Å². The van der Waals surface area contributed by atoms with Crippen LogP contribution in [0.3, 0.4) is 0 Å². The van der Waals surface area contributed by atoms with E-state index in [0.717, 1.165) is 11.8 Å². The lowest BCUT2D eigenvalue weighted by Crippen LogP contribution is -2.15. The molecule has 152 valence electrons. The maximum atomic E-state index is 13.6. The summed E-state index contributed by atoms with van der Waals surface area (Å²) < 4.78 is 13.6. The Labute approximate surface area is 173 Å². The van der Waals surface area contributed by atoms with Crippen LogP contribution in [0.1, 0.15) is 10.4 Å². The number of halogens is 1. The number of non-ortho nitro benzene ring substituents is 1. The van der Waals surface area contributed by atoms with Crippen molar-refractivity contribution in [2.45, 2.75) is 5.03 Å². The highest BCUT2D eigenvalue weighted by Gasteiger charge is 2.12. The van der Waals surface area contributed by atoms with E-state index in [1.54, 1.807) is 12.1 Å². The number of hydrogen-bond donors (Lipinski definition) is 2. The Kier molecular flexibility index (Phi) is 6.65. The van der Waals surface area contributed by atoms with Gasteiger partial charge < -0.3 is 10.6 Å². The second-order valence-electron chi connectivity index (χ2n) is 5.83. The summed E-state index contributed by atoms with van der Waals surface area (Å²) in [7, 11) is 0. The number of hydrogen-bond acceptors (Lipinski definition) is 7. The molecular weight excluding hydrogens is 413 g/mol. The van der Waals surface area contributed by atoms with Crippen LogP contribution >= 0.6 is 11.8 Å². The molecule has 0 spiro atoms. The Bertz CT molecular complexity index is 1080. The van der Waals surface area contributed by atoms with Crippen molar-refractivity contribution in [3.8, 4) is 0 Å². The number of nitro groups is 1. The minimum Gasteiger partial charge on any atom is -0.325 e. The first kappa shape index (κ1) is 20.9. The molecule has 0 unspecified atom stereocenters. The van der Waals surface area contributed by atoms with Gasteiger partial charge in [0.1, 0.15) is 10.8 Å². The zero-order chi connectivity index (χ0) is 21.5. The van der Waals surface area contributed by atoms with Crippen LogP contribution in [0, 0.1) is 15.9 Å². The number of nitrogens with zero attached hydrogens (tertiary/aromatic N) is 3. The molecule has 0 saturated carbocycles. The number of nitrogens with one attached hydrogen (secondary N) is 2. The van der Waals surface area contributed by atoms with Gasteiger partial charge in [-0.3, -0.25) is 19.7 Å². The summed E-state index contributed by atoms with van der Waals surface area (Å²) >= 11 is 1.12. The predicted molar refractivity (Wildman–Crippen MR) is 109 cm³/mol. The summed E-state index contributed by atoms with van der Waals surface area (Å²) in [6.07, 6.45) is 0. The molecule has 11 heteroatoms. The normalized spacial score (nSPS) is 10.3. The molecule has 0 radical (unpaired) electrons. The van der Waals surface area contributed by atoms with Crippen LogP contribution in [0.4, 0.5) is 21.6 Å². The van der Waals surface area contributed by atoms with Gasteiger partial charge in [-0.1, -0.05) is 23.9 Å². The molecule has 2 N–H and O–H groups in total. The molecule has 0 atom stereocenters. The smallest absolute Gasteiger partial charge is 0.269 e. The van der Waals surface area contributed by atoms with E-state index < -0.39 is 16.6 Å². The number of thioether (sulfide) groups is 1. The average Bonchev–Trinajstić information content (AvgIpc) is 2.74. The first-order chi connectivity index (χ1) is 14.4. The van der Waals surface area contributed by atoms with Gasteiger partial charge in [-0.15, -0.1) is 10.2 Å². The zero-order valence-electron chi connectivity index (χ0n) is 15.2. The third-order valence-electron chi connectivity index (χ3n) is 3.71. The lowest BCUT2D eigenvalue weighted by Gasteiger charge is -2.06. The minimum absolute atomic E-state index is 0.0343. The van der Waals surface area contributed by atoms with E-state index in [1.807, 2.05) is 0 Å². The molecule has 1 heterocycles. The molecule has 0 aliphatic carbocycles. The monoisotopic (exact) mass is 427 g/mol. The van der Waals surface area contributed by atoms with Crippen molar-refractivity contribution < 1.29 is 18.9 Å². The molecule has 3 rings (SSSR count). The maximum absolute atomic E-state index is 13.6. The fourth-order valence-corrected chi connectivity index (χ4v) is 2.91. The SMILES string of the molecule is O=C(CSc1ccc(NC(=O)c2ccccc2F)nn1)Nc1ccc([N+](=O)[O-])cc1. The molecule has 2 amide bonds. The van der Waals surface area contributed by atoms with Crippen molar-refractivity contribution in [2.24, 2.45) is 0 Å². The summed E-state index contributed by atoms with van der Waals surface area (Å²) in [6.45, 7) is 0. The van der Waals surface area contributed by atoms with E-state index in [4.69, 9.17) is 0 Å². The minimum atomic E-state index is -0.648. The second-order valence-corrected chi connectivity index (χ2v) is 6.83. The summed E-state index contributed by atoms with van der Waals surface area (Å²) in [5.41, 5.74) is 0.254. The molecule has 9 nitrogen and oxygen atoms in total. The van der Waals surface area contributed by atoms with E-state index in [1.165, 1.54) is 48.5 Å². The molecular formula is C19H14FN5O4S. The van der Waals surface area contributed by atoms with E-state index in [2.05, 4.69) is 20.8 Å². The van der Waals surface area contributed by atoms with Crippen LogP contribution in [-0.2, 0) is 4.79 Å². The molecule has 3 aromatic rings. The highest BCUT2D eigenvalue weighted by Crippen LogP contribution is 2.18. The highest BCUT2D eigenvalue weighted by molar-refractivity contribution is 7.99. The Morgan fingerprint density at radius 3 is 2.37 bits per heavy atom. The molecule has 30 heavy (non-hydrogen) atoms. The Hall–Kier alpha value is -3.86. The number of benzene rings is 2. The Balaban J connectivity index is 1.50. The molecule has 2 aromatic carbocycles. The van der Waals surface area contributed by atoms with Gasteiger partial charge in [-0.25, -0.2) is 4.39 Å². The fourth-order valence-electron chi connectivity index (χ4n) is 2.30. The number of anilines is 2. The van der Waals surface area contributed by atoms with E-state index in [-0.39, 0.29) is 28.7 Å². The van der Waals surface area contributed by atoms with Gasteiger partial charge in [-0.2, -0.15) is 0 Å². The van der Waals surface area contributed by atoms with E-state index in [9.17, 15) is 24.1 Å². The Morgan fingerprint density at radius 2 is 1.73 bits per heavy atom. The van der Waals surface area contributed by atoms with Crippen molar-refractivity contribution >= 4 is 40.8 Å². The number of amides is 2. The van der Waals surface area contributed by atoms with Gasteiger partial charge in [0.15, 0.2) is 5.82 Å². The standard InChI is InChI=1S/C19H14FN5O4S/c20-15-4-2-1-3-14(15)19(27)22-16-9-10-18(24-23-16)30-11-17(26)21-12-5-7-13(8-6-12)25(28)29/h1-10H,11H2,(H,21,26)(H,22,23,27). The molecule has 0 saturated heterocycles. The lowest BCUT2D eigenvalue weighted by atomic mass is 10.2. The van der Waals surface area contributed by atoms with Gasteiger partial charge >= 0.3 is 0 Å². The quantitative estimate of drug-likeness (QED) is 0.335. The molecule has 0 fully saturated rings. The van der Waals surface area contributed by atoms with Crippen LogP contribution in [0.25, 0.3) is 0 Å². The van der Waals surface area contributed by atoms with E-state index in [0.29, 0.717) is 10.7 Å². The molecule has 0 aliphatic heterocycles. The van der Waals surface area contributed by atoms with Crippen LogP contribution in [0.15, 0.2) is 65.7 Å². The number of carbonyl (C=O) groups excluding carboxylic acids is 2. The van der Waals surface area contributed by atoms with Crippen LogP contribution in [0.5, 0.6) is 0 Å². The summed E-state index contributed by atoms with van der Waals surface area (Å²) in [5.74, 6) is -1.44. The topological polar surface area (TPSA) is 127 Å². The van der Waals surface area contributed by atoms with Crippen LogP contribution in [0.2, 0.25) is 0 Å². The number of aromatic nitrogens is 2. The van der Waals surface area contributed by atoms with Crippen molar-refractivity contribution in [3.05, 3.63) is 82.2 Å². The third kappa shape index (κ3) is 5.58. The van der Waals surface area contributed by atoms with Crippen molar-refractivity contribution in [1.82, 2.24) is 10.2 Å². The van der Waals surface area contributed by atoms with Gasteiger partial charge in [0.2, 0.25) is 5.91 Å². The zero-order valence-corrected chi connectivity index (χ0v) is 16.1. The number of carbonyl (C=O) groups is 2. The summed E-state index contributed by atoms with van der Waals surface area (Å²) in [4.78, 5) is 34.2. The summed E-state index contributed by atoms with van der Waals surface area (Å²) in [6, 6.07) is 14.1. The van der Waals surface area contributed by atoms with Gasteiger partial charge in [0.25, 0.3) is 11.6 Å². The van der Waals surface area contributed by atoms with Gasteiger partial charge in [-0.05, 0) is 36.4 Å². The maximum Gasteiger partial charge on any atom is 0.269 e. The largest absolute Gasteiger partial charge is 0.325 e.